The van der Waals surface area contributed by atoms with Gasteiger partial charge in [-0.05, 0) is 30.0 Å². The van der Waals surface area contributed by atoms with Crippen LogP contribution in [0, 0.1) is 10.1 Å². The lowest BCUT2D eigenvalue weighted by Crippen LogP contribution is -2.64. The number of hydrogen-bond acceptors (Lipinski definition) is 5. The summed E-state index contributed by atoms with van der Waals surface area (Å²) in [7, 11) is 3.12. The summed E-state index contributed by atoms with van der Waals surface area (Å²) >= 11 is 0.980. The van der Waals surface area contributed by atoms with Crippen LogP contribution in [0.15, 0.2) is 47.5 Å². The number of amides is 2. The Kier molecular flexibility index (Phi) is 4.84. The second-order valence-corrected chi connectivity index (χ2v) is 7.53. The van der Waals surface area contributed by atoms with Gasteiger partial charge >= 0.3 is 5.00 Å². The van der Waals surface area contributed by atoms with Crippen molar-refractivity contribution in [3.05, 3.63) is 68.7 Å². The summed E-state index contributed by atoms with van der Waals surface area (Å²) in [6.07, 6.45) is 1.79. The third-order valence-corrected chi connectivity index (χ3v) is 5.79. The molecule has 27 heavy (non-hydrogen) atoms. The van der Waals surface area contributed by atoms with Crippen molar-refractivity contribution in [2.45, 2.75) is 18.9 Å². The predicted molar refractivity (Wildman–Crippen MR) is 103 cm³/mol. The van der Waals surface area contributed by atoms with Gasteiger partial charge in [-0.15, -0.1) is 0 Å². The normalized spacial score (nSPS) is 21.8. The molecule has 1 atom stereocenters. The van der Waals surface area contributed by atoms with E-state index in [0.717, 1.165) is 16.9 Å². The summed E-state index contributed by atoms with van der Waals surface area (Å²) in [5.41, 5.74) is 0.343. The van der Waals surface area contributed by atoms with E-state index in [4.69, 9.17) is 0 Å². The van der Waals surface area contributed by atoms with Crippen molar-refractivity contribution in [3.8, 4) is 0 Å². The van der Waals surface area contributed by atoms with E-state index >= 15 is 0 Å². The summed E-state index contributed by atoms with van der Waals surface area (Å²) in [5.74, 6) is -0.589. The second-order valence-electron chi connectivity index (χ2n) is 6.63. The summed E-state index contributed by atoms with van der Waals surface area (Å²) in [5, 5.41) is 12.7. The molecule has 0 spiro atoms. The molecule has 1 fully saturated rings. The molecule has 1 aliphatic rings. The van der Waals surface area contributed by atoms with Crippen molar-refractivity contribution in [1.29, 1.82) is 0 Å². The first-order valence-electron chi connectivity index (χ1n) is 8.29. The molecule has 1 aliphatic heterocycles. The number of piperazine rings is 1. The standard InChI is InChI=1S/C19H19N3O4S/c1-19(12-13-7-5-4-6-8-13)18(24)20(2)15(16(23)21(19)3)11-14-9-10-27-17(14)22(25)26/h4-11H,12H2,1-3H3/b15-11-. The Balaban J connectivity index is 1.98. The molecule has 0 saturated carbocycles. The molecule has 1 unspecified atom stereocenters. The van der Waals surface area contributed by atoms with Crippen LogP contribution in [0.4, 0.5) is 5.00 Å². The number of hydrogen-bond donors (Lipinski definition) is 0. The zero-order valence-corrected chi connectivity index (χ0v) is 16.0. The Hall–Kier alpha value is -3.00. The van der Waals surface area contributed by atoms with Gasteiger partial charge in [-0.25, -0.2) is 0 Å². The Labute approximate surface area is 160 Å². The average molecular weight is 385 g/mol. The fraction of sp³-hybridized carbons (Fsp3) is 0.263. The molecule has 1 saturated heterocycles. The predicted octanol–water partition coefficient (Wildman–Crippen LogP) is 2.93. The largest absolute Gasteiger partial charge is 0.331 e. The van der Waals surface area contributed by atoms with Gasteiger partial charge in [0.15, 0.2) is 0 Å². The molecule has 2 aromatic rings. The maximum atomic E-state index is 13.1. The average Bonchev–Trinajstić information content (AvgIpc) is 3.12. The van der Waals surface area contributed by atoms with E-state index < -0.39 is 10.5 Å². The molecular formula is C19H19N3O4S. The van der Waals surface area contributed by atoms with Gasteiger partial charge in [0.2, 0.25) is 0 Å². The van der Waals surface area contributed by atoms with E-state index in [2.05, 4.69) is 0 Å². The molecule has 2 heterocycles. The number of thiophene rings is 1. The molecule has 2 amide bonds. The fourth-order valence-electron chi connectivity index (χ4n) is 3.22. The summed E-state index contributed by atoms with van der Waals surface area (Å²) in [6, 6.07) is 11.1. The van der Waals surface area contributed by atoms with Crippen molar-refractivity contribution in [1.82, 2.24) is 9.80 Å². The second kappa shape index (κ2) is 6.96. The van der Waals surface area contributed by atoms with Crippen LogP contribution < -0.4 is 0 Å². The Bertz CT molecular complexity index is 937. The third-order valence-electron chi connectivity index (χ3n) is 4.91. The third kappa shape index (κ3) is 3.23. The van der Waals surface area contributed by atoms with Crippen LogP contribution in [0.2, 0.25) is 0 Å². The highest BCUT2D eigenvalue weighted by molar-refractivity contribution is 7.13. The SMILES string of the molecule is CN1C(=O)C(C)(Cc2ccccc2)N(C)C(=O)/C1=C/c1ccsc1[N+](=O)[O-]. The Morgan fingerprint density at radius 1 is 1.19 bits per heavy atom. The van der Waals surface area contributed by atoms with Crippen molar-refractivity contribution in [3.63, 3.8) is 0 Å². The highest BCUT2D eigenvalue weighted by atomic mass is 32.1. The Morgan fingerprint density at radius 2 is 1.85 bits per heavy atom. The van der Waals surface area contributed by atoms with E-state index in [-0.39, 0.29) is 22.5 Å². The van der Waals surface area contributed by atoms with Crippen LogP contribution in [-0.4, -0.2) is 46.2 Å². The highest BCUT2D eigenvalue weighted by Crippen LogP contribution is 2.33. The lowest BCUT2D eigenvalue weighted by Gasteiger charge is -2.45. The minimum Gasteiger partial charge on any atom is -0.326 e. The molecule has 140 valence electrons. The van der Waals surface area contributed by atoms with Crippen molar-refractivity contribution >= 4 is 34.2 Å². The molecular weight excluding hydrogens is 366 g/mol. The van der Waals surface area contributed by atoms with Crippen molar-refractivity contribution in [2.24, 2.45) is 0 Å². The number of carbonyl (C=O) groups is 2. The van der Waals surface area contributed by atoms with Gasteiger partial charge in [0, 0.05) is 20.5 Å². The van der Waals surface area contributed by atoms with Gasteiger partial charge in [-0.2, -0.15) is 0 Å². The van der Waals surface area contributed by atoms with E-state index in [1.54, 1.807) is 25.4 Å². The molecule has 0 aliphatic carbocycles. The number of nitro groups is 1. The molecule has 0 bridgehead atoms. The Morgan fingerprint density at radius 3 is 2.48 bits per heavy atom. The van der Waals surface area contributed by atoms with Crippen LogP contribution in [0.5, 0.6) is 0 Å². The quantitative estimate of drug-likeness (QED) is 0.460. The highest BCUT2D eigenvalue weighted by Gasteiger charge is 2.48. The number of likely N-dealkylation sites (N-methyl/N-ethyl adjacent to an activating group) is 2. The van der Waals surface area contributed by atoms with Crippen LogP contribution in [0.3, 0.4) is 0 Å². The van der Waals surface area contributed by atoms with Gasteiger partial charge in [-0.3, -0.25) is 19.7 Å². The van der Waals surface area contributed by atoms with Gasteiger partial charge in [0.1, 0.15) is 11.2 Å². The van der Waals surface area contributed by atoms with Crippen molar-refractivity contribution in [2.75, 3.05) is 14.1 Å². The fourth-order valence-corrected chi connectivity index (χ4v) is 3.91. The van der Waals surface area contributed by atoms with Crippen LogP contribution in [0.25, 0.3) is 6.08 Å². The van der Waals surface area contributed by atoms with Gasteiger partial charge < -0.3 is 9.80 Å². The first kappa shape index (κ1) is 18.8. The maximum absolute atomic E-state index is 13.1. The number of carbonyl (C=O) groups excluding carboxylic acids is 2. The molecule has 7 nitrogen and oxygen atoms in total. The van der Waals surface area contributed by atoms with E-state index in [9.17, 15) is 19.7 Å². The van der Waals surface area contributed by atoms with Crippen molar-refractivity contribution < 1.29 is 14.5 Å². The zero-order valence-electron chi connectivity index (χ0n) is 15.2. The first-order valence-corrected chi connectivity index (χ1v) is 9.17. The van der Waals surface area contributed by atoms with Crippen LogP contribution in [-0.2, 0) is 16.0 Å². The molecule has 1 aromatic heterocycles. The summed E-state index contributed by atoms with van der Waals surface area (Å²) in [4.78, 5) is 39.5. The summed E-state index contributed by atoms with van der Waals surface area (Å²) < 4.78 is 0. The molecule has 1 aromatic carbocycles. The van der Waals surface area contributed by atoms with E-state index in [1.165, 1.54) is 22.9 Å². The van der Waals surface area contributed by atoms with E-state index in [0.29, 0.717) is 12.0 Å². The smallest absolute Gasteiger partial charge is 0.326 e. The number of benzene rings is 1. The van der Waals surface area contributed by atoms with E-state index in [1.807, 2.05) is 30.3 Å². The molecule has 0 radical (unpaired) electrons. The minimum absolute atomic E-state index is 0.0589. The minimum atomic E-state index is -1.04. The molecule has 8 heteroatoms. The van der Waals surface area contributed by atoms with Gasteiger partial charge in [0.25, 0.3) is 11.8 Å². The zero-order chi connectivity index (χ0) is 19.8. The van der Waals surface area contributed by atoms with Crippen LogP contribution >= 0.6 is 11.3 Å². The number of nitrogens with zero attached hydrogens (tertiary/aromatic N) is 3. The van der Waals surface area contributed by atoms with Crippen LogP contribution in [0.1, 0.15) is 18.1 Å². The number of rotatable bonds is 4. The molecule has 0 N–H and O–H groups in total. The maximum Gasteiger partial charge on any atom is 0.331 e. The van der Waals surface area contributed by atoms with Gasteiger partial charge in [0.05, 0.1) is 10.5 Å². The first-order chi connectivity index (χ1) is 12.8. The lowest BCUT2D eigenvalue weighted by atomic mass is 9.87. The topological polar surface area (TPSA) is 83.8 Å². The summed E-state index contributed by atoms with van der Waals surface area (Å²) in [6.45, 7) is 1.74. The van der Waals surface area contributed by atoms with Gasteiger partial charge in [-0.1, -0.05) is 41.7 Å². The lowest BCUT2D eigenvalue weighted by molar-refractivity contribution is -0.380. The molecule has 3 rings (SSSR count). The monoisotopic (exact) mass is 385 g/mol.